The Morgan fingerprint density at radius 2 is 1.26 bits per heavy atom. The SMILES string of the molecule is CC(=O)N(CCC(=O)Nc1c(C)cc(C)cc1C)c1c(C)cc(C)cc1C. The molecule has 0 unspecified atom stereocenters. The van der Waals surface area contributed by atoms with Crippen molar-refractivity contribution < 1.29 is 9.59 Å². The molecule has 0 saturated heterocycles. The Labute approximate surface area is 162 Å². The molecule has 4 heteroatoms. The van der Waals surface area contributed by atoms with E-state index in [2.05, 4.69) is 29.6 Å². The predicted molar refractivity (Wildman–Crippen MR) is 113 cm³/mol. The Morgan fingerprint density at radius 1 is 0.815 bits per heavy atom. The number of carbonyl (C=O) groups is 2. The highest BCUT2D eigenvalue weighted by atomic mass is 16.2. The summed E-state index contributed by atoms with van der Waals surface area (Å²) >= 11 is 0. The van der Waals surface area contributed by atoms with Crippen molar-refractivity contribution in [3.63, 3.8) is 0 Å². The van der Waals surface area contributed by atoms with E-state index in [1.807, 2.05) is 41.5 Å². The van der Waals surface area contributed by atoms with Crippen molar-refractivity contribution in [3.05, 3.63) is 57.6 Å². The third-order valence-corrected chi connectivity index (χ3v) is 4.79. The molecule has 0 aliphatic heterocycles. The maximum Gasteiger partial charge on any atom is 0.226 e. The average Bonchev–Trinajstić information content (AvgIpc) is 2.52. The molecule has 0 aliphatic rings. The van der Waals surface area contributed by atoms with Gasteiger partial charge in [-0.1, -0.05) is 35.4 Å². The van der Waals surface area contributed by atoms with E-state index in [4.69, 9.17) is 0 Å². The summed E-state index contributed by atoms with van der Waals surface area (Å²) in [4.78, 5) is 26.5. The number of hydrogen-bond acceptors (Lipinski definition) is 2. The Bertz CT molecular complexity index is 838. The van der Waals surface area contributed by atoms with Gasteiger partial charge in [-0.05, 0) is 63.8 Å². The van der Waals surface area contributed by atoms with Crippen LogP contribution in [0.5, 0.6) is 0 Å². The molecular formula is C23H30N2O2. The topological polar surface area (TPSA) is 49.4 Å². The highest BCUT2D eigenvalue weighted by Gasteiger charge is 2.18. The molecule has 2 amide bonds. The molecule has 2 aromatic rings. The number of hydrogen-bond donors (Lipinski definition) is 1. The van der Waals surface area contributed by atoms with Crippen LogP contribution in [0, 0.1) is 41.5 Å². The molecule has 4 nitrogen and oxygen atoms in total. The van der Waals surface area contributed by atoms with Gasteiger partial charge in [0.15, 0.2) is 0 Å². The number of aryl methyl sites for hydroxylation is 6. The molecule has 0 fully saturated rings. The number of anilines is 2. The fourth-order valence-corrected chi connectivity index (χ4v) is 3.82. The van der Waals surface area contributed by atoms with Crippen LogP contribution >= 0.6 is 0 Å². The number of carbonyl (C=O) groups excluding carboxylic acids is 2. The van der Waals surface area contributed by atoms with Gasteiger partial charge in [0, 0.05) is 31.3 Å². The molecular weight excluding hydrogens is 336 g/mol. The smallest absolute Gasteiger partial charge is 0.226 e. The van der Waals surface area contributed by atoms with Gasteiger partial charge in [-0.15, -0.1) is 0 Å². The van der Waals surface area contributed by atoms with E-state index >= 15 is 0 Å². The van der Waals surface area contributed by atoms with Crippen LogP contribution in [-0.4, -0.2) is 18.4 Å². The van der Waals surface area contributed by atoms with Gasteiger partial charge in [-0.3, -0.25) is 9.59 Å². The second kappa shape index (κ2) is 8.38. The van der Waals surface area contributed by atoms with Gasteiger partial charge >= 0.3 is 0 Å². The van der Waals surface area contributed by atoms with E-state index in [0.29, 0.717) is 6.54 Å². The highest BCUT2D eigenvalue weighted by Crippen LogP contribution is 2.27. The molecule has 0 radical (unpaired) electrons. The summed E-state index contributed by atoms with van der Waals surface area (Å²) in [7, 11) is 0. The molecule has 2 rings (SSSR count). The van der Waals surface area contributed by atoms with Crippen LogP contribution in [-0.2, 0) is 9.59 Å². The minimum Gasteiger partial charge on any atom is -0.326 e. The molecule has 27 heavy (non-hydrogen) atoms. The molecule has 0 aromatic heterocycles. The number of nitrogens with zero attached hydrogens (tertiary/aromatic N) is 1. The fraction of sp³-hybridized carbons (Fsp3) is 0.391. The van der Waals surface area contributed by atoms with Gasteiger partial charge in [0.1, 0.15) is 0 Å². The normalized spacial score (nSPS) is 10.6. The molecule has 0 spiro atoms. The van der Waals surface area contributed by atoms with E-state index < -0.39 is 0 Å². The van der Waals surface area contributed by atoms with Crippen molar-refractivity contribution in [3.8, 4) is 0 Å². The molecule has 0 saturated carbocycles. The van der Waals surface area contributed by atoms with Crippen LogP contribution in [0.2, 0.25) is 0 Å². The minimum absolute atomic E-state index is 0.0550. The van der Waals surface area contributed by atoms with Crippen LogP contribution in [0.15, 0.2) is 24.3 Å². The quantitative estimate of drug-likeness (QED) is 0.816. The van der Waals surface area contributed by atoms with Gasteiger partial charge < -0.3 is 10.2 Å². The van der Waals surface area contributed by atoms with E-state index in [0.717, 1.165) is 33.6 Å². The van der Waals surface area contributed by atoms with Crippen molar-refractivity contribution in [2.75, 3.05) is 16.8 Å². The van der Waals surface area contributed by atoms with Crippen molar-refractivity contribution in [1.29, 1.82) is 0 Å². The first-order chi connectivity index (χ1) is 12.6. The summed E-state index contributed by atoms with van der Waals surface area (Å²) in [6, 6.07) is 8.25. The molecule has 144 valence electrons. The Morgan fingerprint density at radius 3 is 1.70 bits per heavy atom. The van der Waals surface area contributed by atoms with Crippen LogP contribution in [0.25, 0.3) is 0 Å². The van der Waals surface area contributed by atoms with Crippen molar-refractivity contribution in [2.45, 2.75) is 54.9 Å². The Balaban J connectivity index is 2.16. The summed E-state index contributed by atoms with van der Waals surface area (Å²) < 4.78 is 0. The molecule has 1 N–H and O–H groups in total. The third-order valence-electron chi connectivity index (χ3n) is 4.79. The van der Waals surface area contributed by atoms with Gasteiger partial charge in [0.05, 0.1) is 0 Å². The molecule has 0 aliphatic carbocycles. The van der Waals surface area contributed by atoms with E-state index in [1.165, 1.54) is 11.1 Å². The standard InChI is InChI=1S/C23H30N2O2/c1-14-10-16(3)22(17(4)11-14)24-21(27)8-9-25(20(7)26)23-18(5)12-15(2)13-19(23)6/h10-13H,8-9H2,1-7H3,(H,24,27). The Kier molecular flexibility index (Phi) is 6.42. The zero-order valence-electron chi connectivity index (χ0n) is 17.5. The van der Waals surface area contributed by atoms with Crippen LogP contribution in [0.3, 0.4) is 0 Å². The molecule has 0 atom stereocenters. The minimum atomic E-state index is -0.0845. The largest absolute Gasteiger partial charge is 0.326 e. The lowest BCUT2D eigenvalue weighted by Gasteiger charge is -2.25. The zero-order valence-corrected chi connectivity index (χ0v) is 17.5. The lowest BCUT2D eigenvalue weighted by atomic mass is 10.0. The van der Waals surface area contributed by atoms with Gasteiger partial charge in [-0.25, -0.2) is 0 Å². The maximum atomic E-state index is 12.5. The molecule has 0 heterocycles. The Hall–Kier alpha value is -2.62. The first kappa shape index (κ1) is 20.7. The molecule has 2 aromatic carbocycles. The van der Waals surface area contributed by atoms with Crippen molar-refractivity contribution >= 4 is 23.2 Å². The van der Waals surface area contributed by atoms with E-state index in [1.54, 1.807) is 11.8 Å². The van der Waals surface area contributed by atoms with Crippen LogP contribution in [0.4, 0.5) is 11.4 Å². The van der Waals surface area contributed by atoms with Crippen LogP contribution in [0.1, 0.15) is 46.7 Å². The predicted octanol–water partition coefficient (Wildman–Crippen LogP) is 4.92. The van der Waals surface area contributed by atoms with E-state index in [-0.39, 0.29) is 18.2 Å². The summed E-state index contributed by atoms with van der Waals surface area (Å²) in [5.74, 6) is -0.140. The summed E-state index contributed by atoms with van der Waals surface area (Å²) in [6.45, 7) is 14.0. The summed E-state index contributed by atoms with van der Waals surface area (Å²) in [6.07, 6.45) is 0.249. The first-order valence-corrected chi connectivity index (χ1v) is 9.33. The zero-order chi connectivity index (χ0) is 20.3. The second-order valence-corrected chi connectivity index (χ2v) is 7.49. The third kappa shape index (κ3) is 4.97. The summed E-state index contributed by atoms with van der Waals surface area (Å²) in [5.41, 5.74) is 8.31. The first-order valence-electron chi connectivity index (χ1n) is 9.33. The number of rotatable bonds is 5. The van der Waals surface area contributed by atoms with E-state index in [9.17, 15) is 9.59 Å². The monoisotopic (exact) mass is 366 g/mol. The van der Waals surface area contributed by atoms with Gasteiger partial charge in [0.2, 0.25) is 11.8 Å². The number of amides is 2. The van der Waals surface area contributed by atoms with Gasteiger partial charge in [-0.2, -0.15) is 0 Å². The van der Waals surface area contributed by atoms with Crippen molar-refractivity contribution in [2.24, 2.45) is 0 Å². The number of benzene rings is 2. The molecule has 0 bridgehead atoms. The second-order valence-electron chi connectivity index (χ2n) is 7.49. The lowest BCUT2D eigenvalue weighted by Crippen LogP contribution is -2.33. The average molecular weight is 367 g/mol. The lowest BCUT2D eigenvalue weighted by molar-refractivity contribution is -0.117. The summed E-state index contributed by atoms with van der Waals surface area (Å²) in [5, 5.41) is 3.01. The highest BCUT2D eigenvalue weighted by molar-refractivity contribution is 5.96. The fourth-order valence-electron chi connectivity index (χ4n) is 3.82. The maximum absolute atomic E-state index is 12.5. The van der Waals surface area contributed by atoms with Crippen molar-refractivity contribution in [1.82, 2.24) is 0 Å². The number of nitrogens with one attached hydrogen (secondary N) is 1. The van der Waals surface area contributed by atoms with Gasteiger partial charge in [0.25, 0.3) is 0 Å². The van der Waals surface area contributed by atoms with Crippen LogP contribution < -0.4 is 10.2 Å².